The highest BCUT2D eigenvalue weighted by Crippen LogP contribution is 2.15. The van der Waals surface area contributed by atoms with Crippen LogP contribution >= 0.6 is 0 Å². The highest BCUT2D eigenvalue weighted by Gasteiger charge is 2.12. The van der Waals surface area contributed by atoms with Gasteiger partial charge in [-0.25, -0.2) is 0 Å². The number of hydrogen-bond acceptors (Lipinski definition) is 2. The zero-order valence-corrected chi connectivity index (χ0v) is 6.35. The van der Waals surface area contributed by atoms with Gasteiger partial charge in [-0.05, 0) is 31.8 Å². The van der Waals surface area contributed by atoms with Crippen LogP contribution in [-0.4, -0.2) is 11.8 Å². The van der Waals surface area contributed by atoms with E-state index in [1.165, 1.54) is 0 Å². The number of nitrogens with two attached hydrogens (primary N) is 1. The van der Waals surface area contributed by atoms with Gasteiger partial charge in [0.05, 0.1) is 0 Å². The van der Waals surface area contributed by atoms with Gasteiger partial charge in [-0.1, -0.05) is 6.08 Å². The van der Waals surface area contributed by atoms with Gasteiger partial charge in [-0.3, -0.25) is 0 Å². The van der Waals surface area contributed by atoms with E-state index >= 15 is 0 Å². The Balaban J connectivity index is 2.71. The minimum atomic E-state index is 0.0489. The molecule has 0 spiro atoms. The van der Waals surface area contributed by atoms with Crippen molar-refractivity contribution < 1.29 is 0 Å². The summed E-state index contributed by atoms with van der Waals surface area (Å²) in [4.78, 5) is 0. The third-order valence-corrected chi connectivity index (χ3v) is 1.83. The van der Waals surface area contributed by atoms with E-state index in [0.29, 0.717) is 0 Å². The summed E-state index contributed by atoms with van der Waals surface area (Å²) in [7, 11) is 0. The Bertz CT molecular complexity index is 168. The molecule has 10 heavy (non-hydrogen) atoms. The van der Waals surface area contributed by atoms with Crippen LogP contribution in [0.2, 0.25) is 0 Å². The van der Waals surface area contributed by atoms with Crippen molar-refractivity contribution in [2.24, 2.45) is 5.73 Å². The normalized spacial score (nSPS) is 22.2. The zero-order valence-electron chi connectivity index (χ0n) is 6.35. The van der Waals surface area contributed by atoms with Crippen molar-refractivity contribution in [3.05, 3.63) is 11.6 Å². The van der Waals surface area contributed by atoms with Crippen LogP contribution in [0.4, 0.5) is 0 Å². The lowest BCUT2D eigenvalue weighted by atomic mass is 9.93. The molecule has 0 saturated heterocycles. The maximum atomic E-state index is 7.53. The first-order valence-corrected chi connectivity index (χ1v) is 3.75. The fraction of sp³-hybridized carbons (Fsp3) is 0.625. The van der Waals surface area contributed by atoms with Crippen LogP contribution in [0.1, 0.15) is 26.2 Å². The summed E-state index contributed by atoms with van der Waals surface area (Å²) in [6, 6.07) is 0.0489. The van der Waals surface area contributed by atoms with E-state index in [-0.39, 0.29) is 6.04 Å². The van der Waals surface area contributed by atoms with Crippen molar-refractivity contribution >= 4 is 5.71 Å². The van der Waals surface area contributed by atoms with Crippen molar-refractivity contribution in [2.75, 3.05) is 0 Å². The van der Waals surface area contributed by atoms with Gasteiger partial charge in [0.25, 0.3) is 0 Å². The Kier molecular flexibility index (Phi) is 2.22. The standard InChI is InChI=1S/C8H14N2/c1-6(9)7-4-2-3-5-8(7)10/h4,6,10H,2-3,5,9H2,1H3. The molecule has 0 fully saturated rings. The van der Waals surface area contributed by atoms with Crippen LogP contribution in [0.5, 0.6) is 0 Å². The number of rotatable bonds is 1. The van der Waals surface area contributed by atoms with Gasteiger partial charge in [0.15, 0.2) is 0 Å². The molecule has 0 amide bonds. The molecule has 0 aromatic heterocycles. The number of hydrogen-bond donors (Lipinski definition) is 2. The maximum absolute atomic E-state index is 7.53. The molecule has 1 unspecified atom stereocenters. The molecule has 2 nitrogen and oxygen atoms in total. The predicted molar refractivity (Wildman–Crippen MR) is 43.3 cm³/mol. The van der Waals surface area contributed by atoms with E-state index < -0.39 is 0 Å². The number of nitrogens with one attached hydrogen (secondary N) is 1. The quantitative estimate of drug-likeness (QED) is 0.566. The summed E-state index contributed by atoms with van der Waals surface area (Å²) in [6.07, 6.45) is 5.22. The van der Waals surface area contributed by atoms with Crippen molar-refractivity contribution in [2.45, 2.75) is 32.2 Å². The minimum absolute atomic E-state index is 0.0489. The van der Waals surface area contributed by atoms with E-state index in [0.717, 1.165) is 30.5 Å². The van der Waals surface area contributed by atoms with Crippen LogP contribution in [0, 0.1) is 5.41 Å². The van der Waals surface area contributed by atoms with E-state index in [1.54, 1.807) is 0 Å². The molecule has 0 bridgehead atoms. The molecule has 2 heteroatoms. The van der Waals surface area contributed by atoms with Gasteiger partial charge in [-0.15, -0.1) is 0 Å². The van der Waals surface area contributed by atoms with E-state index in [9.17, 15) is 0 Å². The Morgan fingerprint density at radius 3 is 2.80 bits per heavy atom. The molecule has 1 aliphatic rings. The first kappa shape index (κ1) is 7.48. The molecule has 0 saturated carbocycles. The number of allylic oxidation sites excluding steroid dienone is 1. The van der Waals surface area contributed by atoms with Crippen molar-refractivity contribution in [1.29, 1.82) is 5.41 Å². The molecule has 1 aliphatic carbocycles. The molecule has 56 valence electrons. The summed E-state index contributed by atoms with van der Waals surface area (Å²) in [6.45, 7) is 1.94. The average Bonchev–Trinajstić information content (AvgIpc) is 1.88. The van der Waals surface area contributed by atoms with Crippen LogP contribution in [-0.2, 0) is 0 Å². The Morgan fingerprint density at radius 2 is 2.40 bits per heavy atom. The molecule has 0 aromatic carbocycles. The summed E-state index contributed by atoms with van der Waals surface area (Å²) in [5.74, 6) is 0. The van der Waals surface area contributed by atoms with Gasteiger partial charge < -0.3 is 11.1 Å². The van der Waals surface area contributed by atoms with Gasteiger partial charge in [-0.2, -0.15) is 0 Å². The first-order valence-electron chi connectivity index (χ1n) is 3.75. The summed E-state index contributed by atoms with van der Waals surface area (Å²) >= 11 is 0. The smallest absolute Gasteiger partial charge is 0.0358 e. The monoisotopic (exact) mass is 138 g/mol. The molecule has 0 heterocycles. The second kappa shape index (κ2) is 2.97. The molecule has 1 atom stereocenters. The van der Waals surface area contributed by atoms with Crippen molar-refractivity contribution in [3.63, 3.8) is 0 Å². The maximum Gasteiger partial charge on any atom is 0.0358 e. The van der Waals surface area contributed by atoms with Crippen LogP contribution in [0.25, 0.3) is 0 Å². The minimum Gasteiger partial charge on any atom is -0.324 e. The third kappa shape index (κ3) is 1.45. The summed E-state index contributed by atoms with van der Waals surface area (Å²) < 4.78 is 0. The van der Waals surface area contributed by atoms with Gasteiger partial charge in [0, 0.05) is 11.8 Å². The van der Waals surface area contributed by atoms with Gasteiger partial charge in [0.1, 0.15) is 0 Å². The fourth-order valence-corrected chi connectivity index (χ4v) is 1.26. The Hall–Kier alpha value is -0.630. The molecular weight excluding hydrogens is 124 g/mol. The highest BCUT2D eigenvalue weighted by atomic mass is 14.6. The van der Waals surface area contributed by atoms with E-state index in [2.05, 4.69) is 6.08 Å². The second-order valence-corrected chi connectivity index (χ2v) is 2.82. The lowest BCUT2D eigenvalue weighted by molar-refractivity contribution is 0.806. The zero-order chi connectivity index (χ0) is 7.56. The fourth-order valence-electron chi connectivity index (χ4n) is 1.26. The topological polar surface area (TPSA) is 49.9 Å². The van der Waals surface area contributed by atoms with E-state index in [1.807, 2.05) is 6.92 Å². The van der Waals surface area contributed by atoms with Crippen LogP contribution in [0.3, 0.4) is 0 Å². The Labute approximate surface area is 61.6 Å². The summed E-state index contributed by atoms with van der Waals surface area (Å²) in [5, 5.41) is 7.53. The second-order valence-electron chi connectivity index (χ2n) is 2.82. The molecule has 0 aromatic rings. The molecule has 1 rings (SSSR count). The third-order valence-electron chi connectivity index (χ3n) is 1.83. The van der Waals surface area contributed by atoms with Crippen molar-refractivity contribution in [1.82, 2.24) is 0 Å². The van der Waals surface area contributed by atoms with Gasteiger partial charge in [0.2, 0.25) is 0 Å². The van der Waals surface area contributed by atoms with Crippen LogP contribution in [0.15, 0.2) is 11.6 Å². The predicted octanol–water partition coefficient (Wildman–Crippen LogP) is 1.46. The molecular formula is C8H14N2. The first-order chi connectivity index (χ1) is 4.72. The van der Waals surface area contributed by atoms with Crippen LogP contribution < -0.4 is 5.73 Å². The lowest BCUT2D eigenvalue weighted by Crippen LogP contribution is -2.24. The largest absolute Gasteiger partial charge is 0.324 e. The SMILES string of the molecule is CC(N)C1=CCCCC1=N. The van der Waals surface area contributed by atoms with E-state index in [4.69, 9.17) is 11.1 Å². The molecule has 3 N–H and O–H groups in total. The Morgan fingerprint density at radius 1 is 1.70 bits per heavy atom. The summed E-state index contributed by atoms with van der Waals surface area (Å²) in [5.41, 5.74) is 7.43. The van der Waals surface area contributed by atoms with Gasteiger partial charge >= 0.3 is 0 Å². The lowest BCUT2D eigenvalue weighted by Gasteiger charge is -2.16. The molecule has 0 radical (unpaired) electrons. The average molecular weight is 138 g/mol. The molecule has 0 aliphatic heterocycles. The van der Waals surface area contributed by atoms with Crippen molar-refractivity contribution in [3.8, 4) is 0 Å². The highest BCUT2D eigenvalue weighted by molar-refractivity contribution is 5.99.